The van der Waals surface area contributed by atoms with E-state index in [0.29, 0.717) is 18.2 Å². The van der Waals surface area contributed by atoms with E-state index in [1.165, 1.54) is 6.07 Å². The van der Waals surface area contributed by atoms with Gasteiger partial charge in [0.1, 0.15) is 5.75 Å². The summed E-state index contributed by atoms with van der Waals surface area (Å²) in [5.74, 6) is -0.303. The molecule has 88 valence electrons. The van der Waals surface area contributed by atoms with E-state index >= 15 is 0 Å². The summed E-state index contributed by atoms with van der Waals surface area (Å²) in [4.78, 5) is 0. The Bertz CT molecular complexity index is 385. The summed E-state index contributed by atoms with van der Waals surface area (Å²) in [5.41, 5.74) is -0.319. The molecule has 1 fully saturated rings. The zero-order valence-corrected chi connectivity index (χ0v) is 8.51. The summed E-state index contributed by atoms with van der Waals surface area (Å²) >= 11 is 0. The second-order valence-electron chi connectivity index (χ2n) is 4.00. The van der Waals surface area contributed by atoms with Gasteiger partial charge in [0.2, 0.25) is 0 Å². The lowest BCUT2D eigenvalue weighted by molar-refractivity contribution is -0.137. The first-order chi connectivity index (χ1) is 7.47. The van der Waals surface area contributed by atoms with E-state index in [0.717, 1.165) is 25.0 Å². The second kappa shape index (κ2) is 3.97. The highest BCUT2D eigenvalue weighted by Crippen LogP contribution is 2.32. The maximum Gasteiger partial charge on any atom is 0.416 e. The summed E-state index contributed by atoms with van der Waals surface area (Å²) < 4.78 is 36.9. The normalized spacial score (nSPS) is 16.4. The fourth-order valence-corrected chi connectivity index (χ4v) is 1.43. The molecule has 0 radical (unpaired) electrons. The third-order valence-electron chi connectivity index (χ3n) is 2.57. The Labute approximate surface area is 91.1 Å². The zero-order chi connectivity index (χ0) is 11.8. The highest BCUT2D eigenvalue weighted by atomic mass is 19.4. The van der Waals surface area contributed by atoms with Crippen molar-refractivity contribution in [3.8, 4) is 5.75 Å². The molecule has 1 aliphatic rings. The summed E-state index contributed by atoms with van der Waals surface area (Å²) in [6.07, 6.45) is -2.21. The van der Waals surface area contributed by atoms with E-state index in [-0.39, 0.29) is 5.75 Å². The first-order valence-electron chi connectivity index (χ1n) is 5.09. The van der Waals surface area contributed by atoms with Gasteiger partial charge in [-0.15, -0.1) is 0 Å². The van der Waals surface area contributed by atoms with Gasteiger partial charge in [0.05, 0.1) is 5.56 Å². The number of halogens is 3. The number of phenolic OH excluding ortho intramolecular Hbond substituents is 1. The fourth-order valence-electron chi connectivity index (χ4n) is 1.43. The maximum absolute atomic E-state index is 12.3. The number of hydrogen-bond donors (Lipinski definition) is 2. The van der Waals surface area contributed by atoms with E-state index in [2.05, 4.69) is 5.32 Å². The Balaban J connectivity index is 2.09. The van der Waals surface area contributed by atoms with Crippen molar-refractivity contribution >= 4 is 0 Å². The molecule has 0 unspecified atom stereocenters. The lowest BCUT2D eigenvalue weighted by atomic mass is 10.1. The molecule has 1 aromatic rings. The Morgan fingerprint density at radius 2 is 2.00 bits per heavy atom. The van der Waals surface area contributed by atoms with Gasteiger partial charge in [0.15, 0.2) is 0 Å². The predicted molar refractivity (Wildman–Crippen MR) is 53.0 cm³/mol. The van der Waals surface area contributed by atoms with Gasteiger partial charge in [-0.3, -0.25) is 0 Å². The Morgan fingerprint density at radius 1 is 1.31 bits per heavy atom. The van der Waals surface area contributed by atoms with Crippen LogP contribution in [0.2, 0.25) is 0 Å². The predicted octanol–water partition coefficient (Wildman–Crippen LogP) is 2.66. The maximum atomic E-state index is 12.3. The molecule has 0 amide bonds. The molecule has 2 N–H and O–H groups in total. The minimum Gasteiger partial charge on any atom is -0.508 e. The topological polar surface area (TPSA) is 32.3 Å². The number of rotatable bonds is 3. The van der Waals surface area contributed by atoms with Crippen LogP contribution in [0.4, 0.5) is 13.2 Å². The molecule has 0 aromatic heterocycles. The van der Waals surface area contributed by atoms with E-state index in [9.17, 15) is 18.3 Å². The van der Waals surface area contributed by atoms with Crippen LogP contribution in [0.3, 0.4) is 0 Å². The van der Waals surface area contributed by atoms with Gasteiger partial charge >= 0.3 is 6.18 Å². The van der Waals surface area contributed by atoms with Crippen LogP contribution in [-0.2, 0) is 12.7 Å². The molecular weight excluding hydrogens is 219 g/mol. The van der Waals surface area contributed by atoms with Gasteiger partial charge in [-0.1, -0.05) is 6.07 Å². The van der Waals surface area contributed by atoms with Gasteiger partial charge in [0, 0.05) is 18.2 Å². The quantitative estimate of drug-likeness (QED) is 0.838. The van der Waals surface area contributed by atoms with E-state index in [1.54, 1.807) is 0 Å². The lowest BCUT2D eigenvalue weighted by Crippen LogP contribution is -2.15. The summed E-state index contributed by atoms with van der Waals surface area (Å²) in [6, 6.07) is 3.53. The smallest absolute Gasteiger partial charge is 0.416 e. The molecule has 1 aliphatic carbocycles. The monoisotopic (exact) mass is 231 g/mol. The van der Waals surface area contributed by atoms with Crippen molar-refractivity contribution in [2.24, 2.45) is 0 Å². The molecule has 0 spiro atoms. The van der Waals surface area contributed by atoms with Crippen molar-refractivity contribution in [2.45, 2.75) is 31.6 Å². The number of benzene rings is 1. The molecule has 16 heavy (non-hydrogen) atoms. The second-order valence-corrected chi connectivity index (χ2v) is 4.00. The van der Waals surface area contributed by atoms with E-state index in [4.69, 9.17) is 0 Å². The van der Waals surface area contributed by atoms with Crippen molar-refractivity contribution in [1.29, 1.82) is 0 Å². The summed E-state index contributed by atoms with van der Waals surface area (Å²) in [7, 11) is 0. The molecule has 2 nitrogen and oxygen atoms in total. The summed E-state index contributed by atoms with van der Waals surface area (Å²) in [5, 5.41) is 12.6. The molecule has 0 atom stereocenters. The molecular formula is C11H12F3NO. The van der Waals surface area contributed by atoms with Crippen LogP contribution in [0.1, 0.15) is 24.0 Å². The number of phenols is 1. The van der Waals surface area contributed by atoms with Gasteiger partial charge < -0.3 is 10.4 Å². The fraction of sp³-hybridized carbons (Fsp3) is 0.455. The minimum atomic E-state index is -4.40. The van der Waals surface area contributed by atoms with Crippen LogP contribution in [-0.4, -0.2) is 11.1 Å². The zero-order valence-electron chi connectivity index (χ0n) is 8.51. The molecule has 1 saturated carbocycles. The average Bonchev–Trinajstić information content (AvgIpc) is 2.98. The Hall–Kier alpha value is -1.23. The molecule has 0 saturated heterocycles. The first kappa shape index (κ1) is 11.3. The number of nitrogens with one attached hydrogen (secondary N) is 1. The summed E-state index contributed by atoms with van der Waals surface area (Å²) in [6.45, 7) is 0.411. The van der Waals surface area contributed by atoms with E-state index < -0.39 is 11.7 Å². The first-order valence-corrected chi connectivity index (χ1v) is 5.09. The number of hydrogen-bond acceptors (Lipinski definition) is 2. The van der Waals surface area contributed by atoms with E-state index in [1.807, 2.05) is 0 Å². The molecule has 2 rings (SSSR count). The molecule has 0 heterocycles. The molecule has 0 bridgehead atoms. The molecule has 1 aromatic carbocycles. The third-order valence-corrected chi connectivity index (χ3v) is 2.57. The standard InChI is InChI=1S/C11H12F3NO/c12-11(13,14)8-2-1-7(10(16)5-8)6-15-9-3-4-9/h1-2,5,9,15-16H,3-4,6H2. The molecule has 5 heteroatoms. The van der Waals surface area contributed by atoms with Gasteiger partial charge in [0.25, 0.3) is 0 Å². The van der Waals surface area contributed by atoms with Crippen molar-refractivity contribution in [1.82, 2.24) is 5.32 Å². The van der Waals surface area contributed by atoms with Crippen LogP contribution >= 0.6 is 0 Å². The van der Waals surface area contributed by atoms with Gasteiger partial charge in [-0.2, -0.15) is 13.2 Å². The van der Waals surface area contributed by atoms with Crippen molar-refractivity contribution in [3.05, 3.63) is 29.3 Å². The van der Waals surface area contributed by atoms with Crippen LogP contribution in [0.15, 0.2) is 18.2 Å². The number of alkyl halides is 3. The minimum absolute atomic E-state index is 0.303. The van der Waals surface area contributed by atoms with Gasteiger partial charge in [-0.25, -0.2) is 0 Å². The third kappa shape index (κ3) is 2.66. The lowest BCUT2D eigenvalue weighted by Gasteiger charge is -2.10. The Morgan fingerprint density at radius 3 is 2.50 bits per heavy atom. The van der Waals surface area contributed by atoms with Crippen LogP contribution in [0.25, 0.3) is 0 Å². The van der Waals surface area contributed by atoms with Crippen molar-refractivity contribution in [3.63, 3.8) is 0 Å². The van der Waals surface area contributed by atoms with Crippen molar-refractivity contribution in [2.75, 3.05) is 0 Å². The van der Waals surface area contributed by atoms with Crippen LogP contribution in [0.5, 0.6) is 5.75 Å². The largest absolute Gasteiger partial charge is 0.508 e. The highest BCUT2D eigenvalue weighted by Gasteiger charge is 2.31. The SMILES string of the molecule is Oc1cc(C(F)(F)F)ccc1CNC1CC1. The number of aromatic hydroxyl groups is 1. The van der Waals surface area contributed by atoms with Gasteiger partial charge in [-0.05, 0) is 25.0 Å². The highest BCUT2D eigenvalue weighted by molar-refractivity contribution is 5.37. The van der Waals surface area contributed by atoms with Crippen LogP contribution in [0, 0.1) is 0 Å². The average molecular weight is 231 g/mol. The van der Waals surface area contributed by atoms with Crippen molar-refractivity contribution < 1.29 is 18.3 Å². The Kier molecular flexibility index (Phi) is 2.80. The molecule has 0 aliphatic heterocycles. The van der Waals surface area contributed by atoms with Crippen LogP contribution < -0.4 is 5.32 Å².